The fourth-order valence-electron chi connectivity index (χ4n) is 2.14. The van der Waals surface area contributed by atoms with Gasteiger partial charge in [-0.15, -0.1) is 0 Å². The highest BCUT2D eigenvalue weighted by atomic mass is 79.9. The van der Waals surface area contributed by atoms with Crippen molar-refractivity contribution in [2.75, 3.05) is 6.54 Å². The largest absolute Gasteiger partial charge is 0.315 e. The van der Waals surface area contributed by atoms with Crippen LogP contribution in [0.3, 0.4) is 0 Å². The number of ketones is 1. The Bertz CT molecular complexity index is 441. The molecule has 0 fully saturated rings. The lowest BCUT2D eigenvalue weighted by Crippen LogP contribution is -2.24. The zero-order valence-corrected chi connectivity index (χ0v) is 14.6. The second-order valence-corrected chi connectivity index (χ2v) is 6.10. The molecule has 0 saturated heterocycles. The summed E-state index contributed by atoms with van der Waals surface area (Å²) in [4.78, 5) is 12.1. The van der Waals surface area contributed by atoms with Crippen LogP contribution in [0.1, 0.15) is 51.9 Å². The maximum atomic E-state index is 12.1. The molecule has 0 spiro atoms. The summed E-state index contributed by atoms with van der Waals surface area (Å²) in [7, 11) is 0. The summed E-state index contributed by atoms with van der Waals surface area (Å²) in [5.74, 6) is 0.286. The fourth-order valence-corrected chi connectivity index (χ4v) is 2.84. The number of hydrogen-bond donors (Lipinski definition) is 1. The Morgan fingerprint density at radius 1 is 1.40 bits per heavy atom. The molecule has 0 aliphatic carbocycles. The molecule has 1 N–H and O–H groups in total. The lowest BCUT2D eigenvalue weighted by Gasteiger charge is -2.08. The normalized spacial score (nSPS) is 11.3. The molecule has 1 rings (SSSR count). The maximum Gasteiger partial charge on any atom is 0.138 e. The van der Waals surface area contributed by atoms with Gasteiger partial charge in [-0.25, -0.2) is 0 Å². The molecule has 20 heavy (non-hydrogen) atoms. The molecule has 0 amide bonds. The standard InChI is InChI=1S/C15H26BrN3O/c1-5-13-15(16)14(19(6-2)18-13)10-12(20)8-7-9-17-11(3)4/h11,17H,5-10H2,1-4H3. The lowest BCUT2D eigenvalue weighted by molar-refractivity contribution is -0.118. The highest BCUT2D eigenvalue weighted by Crippen LogP contribution is 2.23. The predicted octanol–water partition coefficient (Wildman–Crippen LogP) is 3.12. The molecule has 0 aliphatic heterocycles. The van der Waals surface area contributed by atoms with Gasteiger partial charge in [-0.05, 0) is 42.2 Å². The SMILES string of the molecule is CCc1nn(CC)c(CC(=O)CCCNC(C)C)c1Br. The molecule has 5 heteroatoms. The number of aryl methyl sites for hydroxylation is 2. The molecule has 0 aliphatic rings. The molecule has 1 aromatic heterocycles. The van der Waals surface area contributed by atoms with Crippen LogP contribution in [0.5, 0.6) is 0 Å². The van der Waals surface area contributed by atoms with Gasteiger partial charge in [0.1, 0.15) is 5.78 Å². The number of Topliss-reactive ketones (excluding diaryl/α,β-unsaturated/α-hetero) is 1. The monoisotopic (exact) mass is 343 g/mol. The van der Waals surface area contributed by atoms with Gasteiger partial charge in [-0.2, -0.15) is 5.10 Å². The summed E-state index contributed by atoms with van der Waals surface area (Å²) in [6.07, 6.45) is 2.88. The minimum absolute atomic E-state index is 0.286. The Labute approximate surface area is 130 Å². The van der Waals surface area contributed by atoms with Crippen LogP contribution in [0.4, 0.5) is 0 Å². The highest BCUT2D eigenvalue weighted by Gasteiger charge is 2.16. The summed E-state index contributed by atoms with van der Waals surface area (Å²) in [5.41, 5.74) is 2.06. The molecule has 0 unspecified atom stereocenters. The molecule has 114 valence electrons. The quantitative estimate of drug-likeness (QED) is 0.700. The molecule has 0 saturated carbocycles. The van der Waals surface area contributed by atoms with Crippen LogP contribution in [0.25, 0.3) is 0 Å². The van der Waals surface area contributed by atoms with E-state index in [-0.39, 0.29) is 5.78 Å². The first kappa shape index (κ1) is 17.4. The highest BCUT2D eigenvalue weighted by molar-refractivity contribution is 9.10. The van der Waals surface area contributed by atoms with Gasteiger partial charge in [0.05, 0.1) is 15.9 Å². The van der Waals surface area contributed by atoms with Crippen molar-refractivity contribution in [1.29, 1.82) is 0 Å². The zero-order valence-electron chi connectivity index (χ0n) is 13.0. The van der Waals surface area contributed by atoms with E-state index >= 15 is 0 Å². The van der Waals surface area contributed by atoms with Crippen molar-refractivity contribution in [3.63, 3.8) is 0 Å². The van der Waals surface area contributed by atoms with Gasteiger partial charge in [0, 0.05) is 25.4 Å². The van der Waals surface area contributed by atoms with E-state index in [2.05, 4.69) is 54.0 Å². The van der Waals surface area contributed by atoms with Crippen LogP contribution in [-0.2, 0) is 24.2 Å². The number of rotatable bonds is 9. The third kappa shape index (κ3) is 5.02. The molecule has 0 bridgehead atoms. The van der Waals surface area contributed by atoms with E-state index in [0.29, 0.717) is 18.9 Å². The summed E-state index contributed by atoms with van der Waals surface area (Å²) < 4.78 is 2.95. The van der Waals surface area contributed by atoms with Gasteiger partial charge < -0.3 is 5.32 Å². The molecule has 0 atom stereocenters. The molecule has 4 nitrogen and oxygen atoms in total. The van der Waals surface area contributed by atoms with Crippen LogP contribution in [0.2, 0.25) is 0 Å². The van der Waals surface area contributed by atoms with Crippen LogP contribution < -0.4 is 5.32 Å². The molecular weight excluding hydrogens is 318 g/mol. The number of nitrogens with one attached hydrogen (secondary N) is 1. The van der Waals surface area contributed by atoms with Crippen molar-refractivity contribution >= 4 is 21.7 Å². The van der Waals surface area contributed by atoms with E-state index in [1.807, 2.05) is 4.68 Å². The molecular formula is C15H26BrN3O. The van der Waals surface area contributed by atoms with Crippen LogP contribution in [0, 0.1) is 0 Å². The number of nitrogens with zero attached hydrogens (tertiary/aromatic N) is 2. The van der Waals surface area contributed by atoms with Gasteiger partial charge in [-0.1, -0.05) is 20.8 Å². The number of aromatic nitrogens is 2. The third-order valence-electron chi connectivity index (χ3n) is 3.24. The minimum atomic E-state index is 0.286. The van der Waals surface area contributed by atoms with Crippen molar-refractivity contribution in [3.8, 4) is 0 Å². The first-order valence-electron chi connectivity index (χ1n) is 7.48. The van der Waals surface area contributed by atoms with Gasteiger partial charge in [-0.3, -0.25) is 9.48 Å². The third-order valence-corrected chi connectivity index (χ3v) is 4.16. The average molecular weight is 344 g/mol. The first-order chi connectivity index (χ1) is 9.49. The predicted molar refractivity (Wildman–Crippen MR) is 86.1 cm³/mol. The second kappa shape index (κ2) is 8.57. The number of hydrogen-bond acceptors (Lipinski definition) is 3. The summed E-state index contributed by atoms with van der Waals surface area (Å²) in [6.45, 7) is 10.1. The topological polar surface area (TPSA) is 46.9 Å². The average Bonchev–Trinajstić information content (AvgIpc) is 2.71. The summed E-state index contributed by atoms with van der Waals surface area (Å²) >= 11 is 3.58. The van der Waals surface area contributed by atoms with Crippen LogP contribution in [-0.4, -0.2) is 28.2 Å². The zero-order chi connectivity index (χ0) is 15.1. The Morgan fingerprint density at radius 3 is 2.65 bits per heavy atom. The summed E-state index contributed by atoms with van der Waals surface area (Å²) in [5, 5.41) is 7.86. The van der Waals surface area contributed by atoms with Crippen molar-refractivity contribution in [2.45, 2.75) is 66.0 Å². The van der Waals surface area contributed by atoms with E-state index < -0.39 is 0 Å². The van der Waals surface area contributed by atoms with Gasteiger partial charge in [0.2, 0.25) is 0 Å². The second-order valence-electron chi connectivity index (χ2n) is 5.30. The Hall–Kier alpha value is -0.680. The van der Waals surface area contributed by atoms with E-state index in [4.69, 9.17) is 0 Å². The van der Waals surface area contributed by atoms with Crippen molar-refractivity contribution in [1.82, 2.24) is 15.1 Å². The van der Waals surface area contributed by atoms with Gasteiger partial charge >= 0.3 is 0 Å². The number of carbonyl (C=O) groups is 1. The van der Waals surface area contributed by atoms with Gasteiger partial charge in [0.15, 0.2) is 0 Å². The number of carbonyl (C=O) groups excluding carboxylic acids is 1. The molecule has 1 aromatic rings. The van der Waals surface area contributed by atoms with E-state index in [1.165, 1.54) is 0 Å². The van der Waals surface area contributed by atoms with Crippen molar-refractivity contribution in [2.24, 2.45) is 0 Å². The van der Waals surface area contributed by atoms with Crippen LogP contribution >= 0.6 is 15.9 Å². The Morgan fingerprint density at radius 2 is 2.10 bits per heavy atom. The van der Waals surface area contributed by atoms with Crippen molar-refractivity contribution in [3.05, 3.63) is 15.9 Å². The van der Waals surface area contributed by atoms with E-state index in [1.54, 1.807) is 0 Å². The first-order valence-corrected chi connectivity index (χ1v) is 8.27. The lowest BCUT2D eigenvalue weighted by atomic mass is 10.1. The van der Waals surface area contributed by atoms with Crippen LogP contribution in [0.15, 0.2) is 4.47 Å². The van der Waals surface area contributed by atoms with Gasteiger partial charge in [0.25, 0.3) is 0 Å². The minimum Gasteiger partial charge on any atom is -0.315 e. The Kier molecular flexibility index (Phi) is 7.45. The van der Waals surface area contributed by atoms with Crippen molar-refractivity contribution < 1.29 is 4.79 Å². The van der Waals surface area contributed by atoms with E-state index in [0.717, 1.165) is 41.8 Å². The maximum absolute atomic E-state index is 12.1. The smallest absolute Gasteiger partial charge is 0.138 e. The molecule has 0 aromatic carbocycles. The molecule has 1 heterocycles. The Balaban J connectivity index is 2.55. The molecule has 0 radical (unpaired) electrons. The fraction of sp³-hybridized carbons (Fsp3) is 0.733. The number of halogens is 1. The van der Waals surface area contributed by atoms with E-state index in [9.17, 15) is 4.79 Å². The summed E-state index contributed by atoms with van der Waals surface area (Å²) in [6, 6.07) is 0.480.